The fraction of sp³-hybridized carbons (Fsp3) is 0.406. The summed E-state index contributed by atoms with van der Waals surface area (Å²) in [6.07, 6.45) is 0.798. The summed E-state index contributed by atoms with van der Waals surface area (Å²) in [5, 5.41) is 32.2. The van der Waals surface area contributed by atoms with Gasteiger partial charge in [0.05, 0.1) is 38.3 Å². The van der Waals surface area contributed by atoms with Crippen LogP contribution in [0.2, 0.25) is 0 Å². The smallest absolute Gasteiger partial charge is 0.423 e. The van der Waals surface area contributed by atoms with Crippen LogP contribution in [0, 0.1) is 31.6 Å². The molecule has 3 N–H and O–H groups in total. The normalized spacial score (nSPS) is 21.8. The third-order valence-electron chi connectivity index (χ3n) is 8.10. The van der Waals surface area contributed by atoms with E-state index in [0.717, 1.165) is 34.9 Å². The highest BCUT2D eigenvalue weighted by Crippen LogP contribution is 2.46. The highest BCUT2D eigenvalue weighted by molar-refractivity contribution is 6.16. The Kier molecular flexibility index (Phi) is 9.42. The molecule has 0 spiro atoms. The summed E-state index contributed by atoms with van der Waals surface area (Å²) in [4.78, 5) is 39.0. The van der Waals surface area contributed by atoms with Crippen molar-refractivity contribution >= 4 is 29.6 Å². The zero-order valence-electron chi connectivity index (χ0n) is 23.8. The summed E-state index contributed by atoms with van der Waals surface area (Å²) < 4.78 is 10.0. The van der Waals surface area contributed by atoms with Crippen molar-refractivity contribution < 1.29 is 39.2 Å². The van der Waals surface area contributed by atoms with E-state index in [1.165, 1.54) is 7.11 Å². The van der Waals surface area contributed by atoms with E-state index in [9.17, 15) is 29.7 Å². The number of fused-ring (bicyclic) bond motifs is 1. The fourth-order valence-corrected chi connectivity index (χ4v) is 6.21. The van der Waals surface area contributed by atoms with Gasteiger partial charge in [0.25, 0.3) is 0 Å². The lowest BCUT2D eigenvalue weighted by atomic mass is 9.68. The third-order valence-corrected chi connectivity index (χ3v) is 8.10. The maximum atomic E-state index is 13.2. The van der Waals surface area contributed by atoms with E-state index < -0.39 is 48.4 Å². The van der Waals surface area contributed by atoms with E-state index in [4.69, 9.17) is 4.74 Å². The predicted octanol–water partition coefficient (Wildman–Crippen LogP) is 4.01. The van der Waals surface area contributed by atoms with Crippen molar-refractivity contribution in [2.45, 2.75) is 39.2 Å². The van der Waals surface area contributed by atoms with E-state index in [1.54, 1.807) is 0 Å². The number of phenols is 1. The van der Waals surface area contributed by atoms with Gasteiger partial charge in [-0.3, -0.25) is 9.59 Å². The number of imide groups is 3. The monoisotopic (exact) mass is 563 g/mol. The maximum absolute atomic E-state index is 13.2. The molecular weight excluding hydrogens is 526 g/mol. The molecule has 0 aromatic heterocycles. The van der Waals surface area contributed by atoms with E-state index in [-0.39, 0.29) is 25.2 Å². The molecule has 9 heteroatoms. The molecule has 0 radical (unpaired) electrons. The van der Waals surface area contributed by atoms with E-state index in [0.29, 0.717) is 22.5 Å². The summed E-state index contributed by atoms with van der Waals surface area (Å²) in [6, 6.07) is 13.6. The molecule has 1 fully saturated rings. The molecule has 0 unspecified atom stereocenters. The van der Waals surface area contributed by atoms with Crippen LogP contribution in [0.25, 0.3) is 11.6 Å². The highest BCUT2D eigenvalue weighted by Gasteiger charge is 2.57. The molecule has 1 saturated heterocycles. The van der Waals surface area contributed by atoms with Crippen molar-refractivity contribution in [2.75, 3.05) is 27.4 Å². The van der Waals surface area contributed by atoms with Gasteiger partial charge in [-0.25, -0.2) is 4.79 Å². The van der Waals surface area contributed by atoms with Crippen molar-refractivity contribution in [1.29, 1.82) is 0 Å². The van der Waals surface area contributed by atoms with E-state index in [2.05, 4.69) is 4.74 Å². The number of carbonyl (C=O) groups excluding carboxylic acids is 3. The van der Waals surface area contributed by atoms with Gasteiger partial charge in [0, 0.05) is 13.0 Å². The number of hydrogen-bond donors (Lipinski definition) is 3. The van der Waals surface area contributed by atoms with Crippen molar-refractivity contribution in [3.8, 4) is 5.75 Å². The van der Waals surface area contributed by atoms with E-state index >= 15 is 0 Å². The topological polar surface area (TPSA) is 134 Å². The molecule has 2 aromatic rings. The van der Waals surface area contributed by atoms with Crippen molar-refractivity contribution in [3.63, 3.8) is 0 Å². The van der Waals surface area contributed by atoms with Gasteiger partial charge in [-0.2, -0.15) is 4.90 Å². The molecule has 2 aromatic carbocycles. The summed E-state index contributed by atoms with van der Waals surface area (Å²) >= 11 is 0. The van der Waals surface area contributed by atoms with Crippen molar-refractivity contribution in [2.24, 2.45) is 17.8 Å². The Bertz CT molecular complexity index is 1360. The number of amides is 3. The predicted molar refractivity (Wildman–Crippen MR) is 152 cm³/mol. The number of nitrogens with zero attached hydrogens (tertiary/aromatic N) is 1. The molecule has 0 saturated carbocycles. The Labute approximate surface area is 239 Å². The van der Waals surface area contributed by atoms with Crippen LogP contribution in [0.4, 0.5) is 4.79 Å². The molecule has 1 aliphatic heterocycles. The zero-order valence-corrected chi connectivity index (χ0v) is 23.8. The van der Waals surface area contributed by atoms with Crippen LogP contribution in [0.3, 0.4) is 0 Å². The number of aliphatic hydroxyl groups is 2. The number of aromatic hydroxyl groups is 1. The number of rotatable bonds is 9. The zero-order chi connectivity index (χ0) is 29.8. The number of carbonyl (C=O) groups is 3. The Morgan fingerprint density at radius 2 is 1.76 bits per heavy atom. The Morgan fingerprint density at radius 3 is 2.34 bits per heavy atom. The van der Waals surface area contributed by atoms with Crippen molar-refractivity contribution in [1.82, 2.24) is 4.90 Å². The largest absolute Gasteiger partial charge is 0.507 e. The van der Waals surface area contributed by atoms with Gasteiger partial charge >= 0.3 is 6.09 Å². The number of methoxy groups -OCH3 is 2. The van der Waals surface area contributed by atoms with Crippen molar-refractivity contribution in [3.05, 3.63) is 75.9 Å². The van der Waals surface area contributed by atoms with Gasteiger partial charge in [-0.05, 0) is 84.2 Å². The van der Waals surface area contributed by atoms with Gasteiger partial charge in [-0.1, -0.05) is 36.4 Å². The Balaban J connectivity index is 1.67. The lowest BCUT2D eigenvalue weighted by molar-refractivity contribution is -0.137. The molecule has 4 atom stereocenters. The first kappa shape index (κ1) is 30.2. The lowest BCUT2D eigenvalue weighted by Gasteiger charge is -2.36. The highest BCUT2D eigenvalue weighted by atomic mass is 16.5. The Morgan fingerprint density at radius 1 is 1.10 bits per heavy atom. The number of aliphatic hydroxyl groups excluding tert-OH is 2. The molecule has 1 aliphatic carbocycles. The van der Waals surface area contributed by atoms with Crippen LogP contribution in [-0.4, -0.2) is 71.7 Å². The molecule has 9 nitrogen and oxygen atoms in total. The summed E-state index contributed by atoms with van der Waals surface area (Å²) in [5.41, 5.74) is 5.49. The number of allylic oxidation sites excluding steroid dienone is 1. The number of phenolic OH excluding ortho intramolecular Hbond substituents is 1. The van der Waals surface area contributed by atoms with Crippen LogP contribution >= 0.6 is 0 Å². The van der Waals surface area contributed by atoms with Crippen LogP contribution in [0.5, 0.6) is 5.75 Å². The number of likely N-dealkylation sites (tertiary alicyclic amines) is 1. The minimum absolute atomic E-state index is 0.110. The van der Waals surface area contributed by atoms with Gasteiger partial charge in [0.1, 0.15) is 5.75 Å². The summed E-state index contributed by atoms with van der Waals surface area (Å²) in [5.74, 6) is -3.82. The van der Waals surface area contributed by atoms with Gasteiger partial charge in [0.15, 0.2) is 0 Å². The summed E-state index contributed by atoms with van der Waals surface area (Å²) in [6.45, 7) is 3.32. The minimum Gasteiger partial charge on any atom is -0.507 e. The quantitative estimate of drug-likeness (QED) is 0.237. The van der Waals surface area contributed by atoms with Gasteiger partial charge in [-0.15, -0.1) is 0 Å². The third kappa shape index (κ3) is 5.98. The van der Waals surface area contributed by atoms with Crippen LogP contribution in [0.15, 0.2) is 53.6 Å². The second kappa shape index (κ2) is 12.8. The first-order valence-corrected chi connectivity index (χ1v) is 13.6. The van der Waals surface area contributed by atoms with Crippen LogP contribution < -0.4 is 0 Å². The fourth-order valence-electron chi connectivity index (χ4n) is 6.21. The molecule has 1 heterocycles. The number of aryl methyl sites for hydroxylation is 2. The second-order valence-corrected chi connectivity index (χ2v) is 10.7. The van der Waals surface area contributed by atoms with Crippen LogP contribution in [-0.2, 0) is 19.1 Å². The molecule has 2 aliphatic rings. The second-order valence-electron chi connectivity index (χ2n) is 10.7. The lowest BCUT2D eigenvalue weighted by Crippen LogP contribution is -2.40. The standard InChI is InChI=1S/C32H37NO8/c1-18-12-20(13-19(2)29(18)36)14-22(21-8-6-5-7-9-21)10-11-26(35)27-23(17-40-3)15-24-28(25(27)16-34)31(38)33(30(24)37)32(39)41-4/h5-9,12-14,24-26,28,34-36H,10-11,15-17H2,1-4H3/b22-14-/t24-,25+,26-,28-/m1/s1. The molecule has 0 bridgehead atoms. The first-order valence-electron chi connectivity index (χ1n) is 13.6. The molecular formula is C32H37NO8. The van der Waals surface area contributed by atoms with Gasteiger partial charge in [0.2, 0.25) is 11.8 Å². The number of ether oxygens (including phenoxy) is 2. The average molecular weight is 564 g/mol. The summed E-state index contributed by atoms with van der Waals surface area (Å²) in [7, 11) is 2.59. The molecule has 218 valence electrons. The van der Waals surface area contributed by atoms with Crippen LogP contribution in [0.1, 0.15) is 41.5 Å². The maximum Gasteiger partial charge on any atom is 0.423 e. The SMILES string of the molecule is COCC1=C([C@H](O)CC/C(=C/c2cc(C)c(O)c(C)c2)c2ccccc2)[C@H](CO)[C@@H]2C(=O)N(C(=O)OC)C(=O)[C@@H]2C1. The molecule has 41 heavy (non-hydrogen) atoms. The Hall–Kier alpha value is -3.79. The average Bonchev–Trinajstić information content (AvgIpc) is 3.22. The van der Waals surface area contributed by atoms with Gasteiger partial charge < -0.3 is 24.8 Å². The number of hydrogen-bond acceptors (Lipinski definition) is 8. The number of benzene rings is 2. The first-order chi connectivity index (χ1) is 19.6. The minimum atomic E-state index is -1.06. The molecule has 4 rings (SSSR count). The molecule has 3 amide bonds. The van der Waals surface area contributed by atoms with E-state index in [1.807, 2.05) is 62.4 Å².